The second-order valence-corrected chi connectivity index (χ2v) is 5.12. The highest BCUT2D eigenvalue weighted by atomic mass is 16.2. The lowest BCUT2D eigenvalue weighted by atomic mass is 10.1. The van der Waals surface area contributed by atoms with Crippen LogP contribution in [0.5, 0.6) is 0 Å². The molecular formula is C14H13N3O4. The van der Waals surface area contributed by atoms with Crippen LogP contribution in [0, 0.1) is 0 Å². The summed E-state index contributed by atoms with van der Waals surface area (Å²) in [6.07, 6.45) is 0.296. The number of anilines is 1. The van der Waals surface area contributed by atoms with Gasteiger partial charge in [0.2, 0.25) is 17.7 Å². The minimum Gasteiger partial charge on any atom is -0.326 e. The van der Waals surface area contributed by atoms with Crippen LogP contribution in [0.1, 0.15) is 22.8 Å². The summed E-state index contributed by atoms with van der Waals surface area (Å²) in [4.78, 5) is 48.0. The molecule has 1 fully saturated rings. The zero-order chi connectivity index (χ0) is 15.1. The van der Waals surface area contributed by atoms with Gasteiger partial charge in [-0.05, 0) is 24.6 Å². The molecule has 0 radical (unpaired) electrons. The molecule has 0 saturated carbocycles. The summed E-state index contributed by atoms with van der Waals surface area (Å²) < 4.78 is 0. The Kier molecular flexibility index (Phi) is 2.97. The highest BCUT2D eigenvalue weighted by Gasteiger charge is 2.34. The summed E-state index contributed by atoms with van der Waals surface area (Å²) >= 11 is 0. The molecule has 1 saturated heterocycles. The Morgan fingerprint density at radius 3 is 2.71 bits per heavy atom. The molecule has 4 amide bonds. The number of hydrogen-bond donors (Lipinski definition) is 2. The molecule has 0 aromatic heterocycles. The summed E-state index contributed by atoms with van der Waals surface area (Å²) in [6.45, 7) is 1.41. The highest BCUT2D eigenvalue weighted by molar-refractivity contribution is 6.08. The number of imide groups is 1. The van der Waals surface area contributed by atoms with Crippen molar-refractivity contribution in [2.24, 2.45) is 0 Å². The van der Waals surface area contributed by atoms with E-state index in [0.717, 1.165) is 5.56 Å². The number of rotatable bonds is 1. The monoisotopic (exact) mass is 287 g/mol. The number of fused-ring (bicyclic) bond motifs is 1. The molecule has 2 aliphatic rings. The quantitative estimate of drug-likeness (QED) is 0.691. The van der Waals surface area contributed by atoms with E-state index in [9.17, 15) is 19.2 Å². The second-order valence-electron chi connectivity index (χ2n) is 5.12. The standard InChI is InChI=1S/C14H13N3O4/c1-7-13(20)16-12(19)6-17(7)14(21)9-3-2-8-5-11(18)15-10(8)4-9/h2-4,7H,5-6H2,1H3,(H,15,18)(H,16,19,20). The van der Waals surface area contributed by atoms with Gasteiger partial charge in [0.1, 0.15) is 12.6 Å². The average molecular weight is 287 g/mol. The molecule has 0 aliphatic carbocycles. The van der Waals surface area contributed by atoms with Crippen molar-refractivity contribution in [3.05, 3.63) is 29.3 Å². The van der Waals surface area contributed by atoms with Crippen molar-refractivity contribution >= 4 is 29.3 Å². The SMILES string of the molecule is CC1C(=O)NC(=O)CN1C(=O)c1ccc2c(c1)NC(=O)C2. The van der Waals surface area contributed by atoms with E-state index in [0.29, 0.717) is 17.7 Å². The van der Waals surface area contributed by atoms with Crippen LogP contribution in [0.4, 0.5) is 5.69 Å². The molecule has 2 aliphatic heterocycles. The molecule has 1 aromatic rings. The molecule has 1 atom stereocenters. The van der Waals surface area contributed by atoms with Crippen LogP contribution >= 0.6 is 0 Å². The Morgan fingerprint density at radius 2 is 1.95 bits per heavy atom. The van der Waals surface area contributed by atoms with E-state index in [1.165, 1.54) is 4.90 Å². The Labute approximate surface area is 120 Å². The molecule has 1 unspecified atom stereocenters. The van der Waals surface area contributed by atoms with Crippen LogP contribution in [-0.2, 0) is 20.8 Å². The first-order valence-corrected chi connectivity index (χ1v) is 6.53. The Morgan fingerprint density at radius 1 is 1.19 bits per heavy atom. The van der Waals surface area contributed by atoms with Gasteiger partial charge in [-0.3, -0.25) is 24.5 Å². The van der Waals surface area contributed by atoms with E-state index < -0.39 is 23.8 Å². The van der Waals surface area contributed by atoms with Crippen molar-refractivity contribution in [2.75, 3.05) is 11.9 Å². The maximum absolute atomic E-state index is 12.5. The van der Waals surface area contributed by atoms with Crippen LogP contribution in [0.3, 0.4) is 0 Å². The molecule has 21 heavy (non-hydrogen) atoms. The van der Waals surface area contributed by atoms with Gasteiger partial charge >= 0.3 is 0 Å². The molecule has 7 nitrogen and oxygen atoms in total. The number of benzene rings is 1. The topological polar surface area (TPSA) is 95.6 Å². The zero-order valence-corrected chi connectivity index (χ0v) is 11.3. The van der Waals surface area contributed by atoms with Gasteiger partial charge in [-0.25, -0.2) is 0 Å². The van der Waals surface area contributed by atoms with E-state index in [1.54, 1.807) is 25.1 Å². The maximum Gasteiger partial charge on any atom is 0.255 e. The first-order chi connectivity index (χ1) is 9.95. The van der Waals surface area contributed by atoms with Gasteiger partial charge in [0, 0.05) is 11.3 Å². The third-order valence-corrected chi connectivity index (χ3v) is 3.67. The van der Waals surface area contributed by atoms with Gasteiger partial charge < -0.3 is 10.2 Å². The maximum atomic E-state index is 12.5. The molecule has 1 aromatic carbocycles. The van der Waals surface area contributed by atoms with Crippen molar-refractivity contribution in [3.8, 4) is 0 Å². The van der Waals surface area contributed by atoms with Crippen LogP contribution in [-0.4, -0.2) is 41.1 Å². The smallest absolute Gasteiger partial charge is 0.255 e. The lowest BCUT2D eigenvalue weighted by Crippen LogP contribution is -2.58. The molecule has 0 bridgehead atoms. The summed E-state index contributed by atoms with van der Waals surface area (Å²) in [5.74, 6) is -1.51. The van der Waals surface area contributed by atoms with Crippen molar-refractivity contribution in [2.45, 2.75) is 19.4 Å². The zero-order valence-electron chi connectivity index (χ0n) is 11.3. The summed E-state index contributed by atoms with van der Waals surface area (Å²) in [5.41, 5.74) is 1.77. The van der Waals surface area contributed by atoms with Crippen molar-refractivity contribution in [3.63, 3.8) is 0 Å². The highest BCUT2D eigenvalue weighted by Crippen LogP contribution is 2.25. The number of carbonyl (C=O) groups is 4. The van der Waals surface area contributed by atoms with Crippen LogP contribution < -0.4 is 10.6 Å². The molecule has 0 spiro atoms. The Hall–Kier alpha value is -2.70. The summed E-state index contributed by atoms with van der Waals surface area (Å²) in [7, 11) is 0. The van der Waals surface area contributed by atoms with Crippen molar-refractivity contribution in [1.29, 1.82) is 0 Å². The Balaban J connectivity index is 1.88. The van der Waals surface area contributed by atoms with Gasteiger partial charge in [0.15, 0.2) is 0 Å². The van der Waals surface area contributed by atoms with Gasteiger partial charge in [0.25, 0.3) is 5.91 Å². The number of nitrogens with zero attached hydrogens (tertiary/aromatic N) is 1. The summed E-state index contributed by atoms with van der Waals surface area (Å²) in [6, 6.07) is 4.17. The minimum atomic E-state index is -0.710. The predicted octanol–water partition coefficient (Wildman–Crippen LogP) is -0.332. The average Bonchev–Trinajstić information content (AvgIpc) is 2.81. The van der Waals surface area contributed by atoms with E-state index in [2.05, 4.69) is 10.6 Å². The van der Waals surface area contributed by atoms with E-state index in [-0.39, 0.29) is 12.5 Å². The minimum absolute atomic E-state index is 0.115. The fraction of sp³-hybridized carbons (Fsp3) is 0.286. The van der Waals surface area contributed by atoms with E-state index in [4.69, 9.17) is 0 Å². The van der Waals surface area contributed by atoms with Crippen molar-refractivity contribution < 1.29 is 19.2 Å². The molecule has 2 N–H and O–H groups in total. The number of amides is 4. The van der Waals surface area contributed by atoms with E-state index >= 15 is 0 Å². The van der Waals surface area contributed by atoms with Crippen LogP contribution in [0.2, 0.25) is 0 Å². The largest absolute Gasteiger partial charge is 0.326 e. The third-order valence-electron chi connectivity index (χ3n) is 3.67. The molecule has 108 valence electrons. The first-order valence-electron chi connectivity index (χ1n) is 6.53. The van der Waals surface area contributed by atoms with Crippen LogP contribution in [0.25, 0.3) is 0 Å². The van der Waals surface area contributed by atoms with E-state index in [1.807, 2.05) is 0 Å². The first kappa shape index (κ1) is 13.3. The number of hydrogen-bond acceptors (Lipinski definition) is 4. The molecule has 3 rings (SSSR count). The van der Waals surface area contributed by atoms with Gasteiger partial charge in [-0.1, -0.05) is 6.07 Å². The van der Waals surface area contributed by atoms with Gasteiger partial charge in [-0.15, -0.1) is 0 Å². The van der Waals surface area contributed by atoms with Crippen LogP contribution in [0.15, 0.2) is 18.2 Å². The lowest BCUT2D eigenvalue weighted by molar-refractivity contribution is -0.138. The second kappa shape index (κ2) is 4.69. The Bertz CT molecular complexity index is 683. The normalized spacial score (nSPS) is 20.9. The number of carbonyl (C=O) groups excluding carboxylic acids is 4. The molecule has 2 heterocycles. The lowest BCUT2D eigenvalue weighted by Gasteiger charge is -2.31. The third kappa shape index (κ3) is 2.26. The van der Waals surface area contributed by atoms with Crippen molar-refractivity contribution in [1.82, 2.24) is 10.2 Å². The fourth-order valence-corrected chi connectivity index (χ4v) is 2.48. The fourth-order valence-electron chi connectivity index (χ4n) is 2.48. The predicted molar refractivity (Wildman–Crippen MR) is 72.4 cm³/mol. The molecular weight excluding hydrogens is 274 g/mol. The summed E-state index contributed by atoms with van der Waals surface area (Å²) in [5, 5.41) is 4.85. The van der Waals surface area contributed by atoms with Gasteiger partial charge in [0.05, 0.1) is 6.42 Å². The number of piperazine rings is 1. The van der Waals surface area contributed by atoms with Gasteiger partial charge in [-0.2, -0.15) is 0 Å². The molecule has 7 heteroatoms. The number of nitrogens with one attached hydrogen (secondary N) is 2.